The second-order valence-electron chi connectivity index (χ2n) is 5.09. The number of anilines is 1. The van der Waals surface area contributed by atoms with Crippen molar-refractivity contribution in [3.05, 3.63) is 60.7 Å². The van der Waals surface area contributed by atoms with Crippen LogP contribution in [0.3, 0.4) is 0 Å². The van der Waals surface area contributed by atoms with Crippen molar-refractivity contribution in [3.8, 4) is 5.75 Å². The van der Waals surface area contributed by atoms with Gasteiger partial charge in [-0.05, 0) is 38.1 Å². The van der Waals surface area contributed by atoms with Gasteiger partial charge in [-0.3, -0.25) is 4.79 Å². The van der Waals surface area contributed by atoms with E-state index < -0.39 is 0 Å². The summed E-state index contributed by atoms with van der Waals surface area (Å²) in [5, 5.41) is -0.0884. The molecule has 23 heavy (non-hydrogen) atoms. The molecule has 0 saturated carbocycles. The summed E-state index contributed by atoms with van der Waals surface area (Å²) in [6.45, 7) is 5.24. The average Bonchev–Trinajstić information content (AvgIpc) is 2.61. The first kappa shape index (κ1) is 17.4. The summed E-state index contributed by atoms with van der Waals surface area (Å²) >= 11 is 1.63. The van der Waals surface area contributed by atoms with E-state index in [0.717, 1.165) is 17.2 Å². The Balaban J connectivity index is 1.80. The summed E-state index contributed by atoms with van der Waals surface area (Å²) in [7, 11) is 0. The van der Waals surface area contributed by atoms with Gasteiger partial charge in [0, 0.05) is 18.0 Å². The number of ether oxygens (including phenoxy) is 1. The highest BCUT2D eigenvalue weighted by atomic mass is 32.2. The van der Waals surface area contributed by atoms with Crippen LogP contribution in [-0.4, -0.2) is 30.1 Å². The Labute approximate surface area is 142 Å². The Bertz CT molecular complexity index is 589. The molecule has 0 aliphatic rings. The first-order chi connectivity index (χ1) is 11.2. The van der Waals surface area contributed by atoms with Crippen LogP contribution in [0.15, 0.2) is 60.7 Å². The van der Waals surface area contributed by atoms with Crippen LogP contribution in [0.1, 0.15) is 13.8 Å². The minimum Gasteiger partial charge on any atom is -0.493 e. The third-order valence-electron chi connectivity index (χ3n) is 3.46. The molecule has 122 valence electrons. The number of para-hydroxylation sites is 2. The molecule has 4 heteroatoms. The molecule has 0 aliphatic carbocycles. The molecule has 0 heterocycles. The summed E-state index contributed by atoms with van der Waals surface area (Å²) in [6.07, 6.45) is 0. The maximum absolute atomic E-state index is 12.6. The molecule has 1 amide bonds. The largest absolute Gasteiger partial charge is 0.493 e. The van der Waals surface area contributed by atoms with Gasteiger partial charge in [0.1, 0.15) is 5.75 Å². The first-order valence-electron chi connectivity index (χ1n) is 7.88. The molecule has 0 fully saturated rings. The molecule has 0 aliphatic heterocycles. The summed E-state index contributed by atoms with van der Waals surface area (Å²) in [5.41, 5.74) is 0.952. The normalized spacial score (nSPS) is 11.7. The van der Waals surface area contributed by atoms with Crippen LogP contribution in [0.25, 0.3) is 0 Å². The predicted octanol–water partition coefficient (Wildman–Crippen LogP) is 4.24. The number of thioether (sulfide) groups is 1. The number of hydrogen-bond donors (Lipinski definition) is 0. The molecule has 2 aromatic rings. The zero-order valence-corrected chi connectivity index (χ0v) is 14.5. The van der Waals surface area contributed by atoms with Crippen molar-refractivity contribution in [3.63, 3.8) is 0 Å². The summed E-state index contributed by atoms with van der Waals surface area (Å²) < 4.78 is 5.66. The topological polar surface area (TPSA) is 29.5 Å². The SMILES string of the molecule is CCN(C(=O)C(C)SCCOc1ccccc1)c1ccccc1. The Morgan fingerprint density at radius 3 is 2.30 bits per heavy atom. The lowest BCUT2D eigenvalue weighted by atomic mass is 10.2. The standard InChI is InChI=1S/C19H23NO2S/c1-3-20(17-10-6-4-7-11-17)19(21)16(2)23-15-14-22-18-12-8-5-9-13-18/h4-13,16H,3,14-15H2,1-2H3. The van der Waals surface area contributed by atoms with Gasteiger partial charge in [-0.2, -0.15) is 0 Å². The van der Waals surface area contributed by atoms with Gasteiger partial charge in [-0.15, -0.1) is 11.8 Å². The summed E-state index contributed by atoms with van der Waals surface area (Å²) in [5.74, 6) is 1.80. The monoisotopic (exact) mass is 329 g/mol. The molecule has 0 spiro atoms. The fraction of sp³-hybridized carbons (Fsp3) is 0.316. The minimum absolute atomic E-state index is 0.0884. The molecule has 2 rings (SSSR count). The van der Waals surface area contributed by atoms with Crippen molar-refractivity contribution in [1.29, 1.82) is 0 Å². The van der Waals surface area contributed by atoms with Crippen molar-refractivity contribution in [1.82, 2.24) is 0 Å². The fourth-order valence-electron chi connectivity index (χ4n) is 2.27. The number of nitrogens with zero attached hydrogens (tertiary/aromatic N) is 1. The Hall–Kier alpha value is -1.94. The second-order valence-corrected chi connectivity index (χ2v) is 6.54. The lowest BCUT2D eigenvalue weighted by Crippen LogP contribution is -2.36. The Kier molecular flexibility index (Phi) is 7.01. The molecule has 1 unspecified atom stereocenters. The van der Waals surface area contributed by atoms with Gasteiger partial charge in [0.2, 0.25) is 5.91 Å². The van der Waals surface area contributed by atoms with Crippen LogP contribution in [0, 0.1) is 0 Å². The maximum atomic E-state index is 12.6. The molecule has 0 N–H and O–H groups in total. The number of carbonyl (C=O) groups excluding carboxylic acids is 1. The van der Waals surface area contributed by atoms with Gasteiger partial charge in [0.25, 0.3) is 0 Å². The molecule has 0 aromatic heterocycles. The van der Waals surface area contributed by atoms with Crippen LogP contribution >= 0.6 is 11.8 Å². The van der Waals surface area contributed by atoms with Crippen molar-refractivity contribution in [2.24, 2.45) is 0 Å². The van der Waals surface area contributed by atoms with Crippen LogP contribution in [0.4, 0.5) is 5.69 Å². The molecule has 0 radical (unpaired) electrons. The van der Waals surface area contributed by atoms with Crippen molar-refractivity contribution in [2.45, 2.75) is 19.1 Å². The van der Waals surface area contributed by atoms with Gasteiger partial charge >= 0.3 is 0 Å². The zero-order valence-electron chi connectivity index (χ0n) is 13.6. The van der Waals surface area contributed by atoms with Crippen molar-refractivity contribution in [2.75, 3.05) is 23.8 Å². The number of carbonyl (C=O) groups is 1. The van der Waals surface area contributed by atoms with E-state index in [0.29, 0.717) is 13.2 Å². The van der Waals surface area contributed by atoms with E-state index in [1.807, 2.05) is 79.4 Å². The third-order valence-corrected chi connectivity index (χ3v) is 4.57. The van der Waals surface area contributed by atoms with Gasteiger partial charge in [0.05, 0.1) is 11.9 Å². The van der Waals surface area contributed by atoms with E-state index in [4.69, 9.17) is 4.74 Å². The summed E-state index contributed by atoms with van der Waals surface area (Å²) in [4.78, 5) is 14.4. The molecule has 0 bridgehead atoms. The van der Waals surface area contributed by atoms with E-state index in [2.05, 4.69) is 0 Å². The number of hydrogen-bond acceptors (Lipinski definition) is 3. The van der Waals surface area contributed by atoms with E-state index in [1.54, 1.807) is 11.8 Å². The predicted molar refractivity (Wildman–Crippen MR) is 98.3 cm³/mol. The van der Waals surface area contributed by atoms with Crippen LogP contribution < -0.4 is 9.64 Å². The third kappa shape index (κ3) is 5.32. The lowest BCUT2D eigenvalue weighted by Gasteiger charge is -2.24. The van der Waals surface area contributed by atoms with E-state index in [1.165, 1.54) is 0 Å². The van der Waals surface area contributed by atoms with E-state index in [-0.39, 0.29) is 11.2 Å². The number of rotatable bonds is 8. The highest BCUT2D eigenvalue weighted by Gasteiger charge is 2.20. The average molecular weight is 329 g/mol. The number of amides is 1. The zero-order chi connectivity index (χ0) is 16.5. The van der Waals surface area contributed by atoms with Crippen LogP contribution in [0.5, 0.6) is 5.75 Å². The minimum atomic E-state index is -0.0884. The second kappa shape index (κ2) is 9.26. The first-order valence-corrected chi connectivity index (χ1v) is 8.93. The molecular weight excluding hydrogens is 306 g/mol. The van der Waals surface area contributed by atoms with Gasteiger partial charge in [-0.1, -0.05) is 36.4 Å². The van der Waals surface area contributed by atoms with Gasteiger partial charge < -0.3 is 9.64 Å². The van der Waals surface area contributed by atoms with Gasteiger partial charge in [0.15, 0.2) is 0 Å². The highest BCUT2D eigenvalue weighted by molar-refractivity contribution is 8.00. The molecule has 1 atom stereocenters. The van der Waals surface area contributed by atoms with Crippen molar-refractivity contribution >= 4 is 23.4 Å². The Morgan fingerprint density at radius 1 is 1.09 bits per heavy atom. The number of benzene rings is 2. The molecule has 3 nitrogen and oxygen atoms in total. The summed E-state index contributed by atoms with van der Waals surface area (Å²) in [6, 6.07) is 19.6. The smallest absolute Gasteiger partial charge is 0.239 e. The van der Waals surface area contributed by atoms with E-state index >= 15 is 0 Å². The highest BCUT2D eigenvalue weighted by Crippen LogP contribution is 2.19. The Morgan fingerprint density at radius 2 is 1.70 bits per heavy atom. The molecule has 0 saturated heterocycles. The fourth-order valence-corrected chi connectivity index (χ4v) is 3.07. The van der Waals surface area contributed by atoms with Gasteiger partial charge in [-0.25, -0.2) is 0 Å². The molecular formula is C19H23NO2S. The van der Waals surface area contributed by atoms with Crippen LogP contribution in [0.2, 0.25) is 0 Å². The maximum Gasteiger partial charge on any atom is 0.239 e. The lowest BCUT2D eigenvalue weighted by molar-refractivity contribution is -0.117. The van der Waals surface area contributed by atoms with E-state index in [9.17, 15) is 4.79 Å². The quantitative estimate of drug-likeness (QED) is 0.678. The van der Waals surface area contributed by atoms with Crippen LogP contribution in [-0.2, 0) is 4.79 Å². The molecule has 2 aromatic carbocycles. The van der Waals surface area contributed by atoms with Crippen molar-refractivity contribution < 1.29 is 9.53 Å².